The van der Waals surface area contributed by atoms with Crippen molar-refractivity contribution in [3.05, 3.63) is 65.2 Å². The van der Waals surface area contributed by atoms with E-state index >= 15 is 0 Å². The smallest absolute Gasteiger partial charge is 0.193 e. The van der Waals surface area contributed by atoms with Gasteiger partial charge in [0, 0.05) is 17.7 Å². The molecule has 0 aromatic heterocycles. The quantitative estimate of drug-likeness (QED) is 0.603. The first-order valence-electron chi connectivity index (χ1n) is 9.45. The van der Waals surface area contributed by atoms with Gasteiger partial charge in [-0.15, -0.1) is 0 Å². The third kappa shape index (κ3) is 3.57. The van der Waals surface area contributed by atoms with Gasteiger partial charge >= 0.3 is 0 Å². The zero-order valence-corrected chi connectivity index (χ0v) is 16.8. The zero-order chi connectivity index (χ0) is 19.7. The van der Waals surface area contributed by atoms with Crippen molar-refractivity contribution in [3.8, 4) is 5.75 Å². The van der Waals surface area contributed by atoms with Crippen molar-refractivity contribution in [3.63, 3.8) is 0 Å². The molecule has 0 amide bonds. The number of rotatable bonds is 6. The minimum atomic E-state index is -0.368. The van der Waals surface area contributed by atoms with Gasteiger partial charge in [0.2, 0.25) is 0 Å². The summed E-state index contributed by atoms with van der Waals surface area (Å²) in [5.74, 6) is 0.524. The summed E-state index contributed by atoms with van der Waals surface area (Å²) >= 11 is 5.37. The van der Waals surface area contributed by atoms with Crippen LogP contribution in [0.15, 0.2) is 53.5 Å². The van der Waals surface area contributed by atoms with Crippen LogP contribution in [-0.2, 0) is 0 Å². The van der Waals surface area contributed by atoms with Crippen LogP contribution in [0.25, 0.3) is 0 Å². The van der Waals surface area contributed by atoms with Gasteiger partial charge in [0.25, 0.3) is 0 Å². The van der Waals surface area contributed by atoms with Gasteiger partial charge in [-0.05, 0) is 50.4 Å². The molecule has 2 atom stereocenters. The summed E-state index contributed by atoms with van der Waals surface area (Å²) in [5.41, 5.74) is 3.36. The molecule has 2 aromatic rings. The molecular formula is C22H23N3O2S. The topological polar surface area (TPSA) is 53.9 Å². The van der Waals surface area contributed by atoms with E-state index in [1.165, 1.54) is 0 Å². The predicted octanol–water partition coefficient (Wildman–Crippen LogP) is 3.25. The van der Waals surface area contributed by atoms with E-state index in [0.29, 0.717) is 11.7 Å². The van der Waals surface area contributed by atoms with Crippen molar-refractivity contribution in [1.82, 2.24) is 10.2 Å². The molecular weight excluding hydrogens is 370 g/mol. The van der Waals surface area contributed by atoms with Crippen LogP contribution in [0.1, 0.15) is 33.9 Å². The summed E-state index contributed by atoms with van der Waals surface area (Å²) in [7, 11) is 4.10. The lowest BCUT2D eigenvalue weighted by Gasteiger charge is -2.29. The lowest BCUT2D eigenvalue weighted by Crippen LogP contribution is -2.41. The summed E-state index contributed by atoms with van der Waals surface area (Å²) in [6.07, 6.45) is 0.955. The molecule has 0 bridgehead atoms. The van der Waals surface area contributed by atoms with Gasteiger partial charge in [0.1, 0.15) is 5.75 Å². The van der Waals surface area contributed by atoms with Crippen molar-refractivity contribution in [2.75, 3.05) is 27.2 Å². The van der Waals surface area contributed by atoms with Gasteiger partial charge in [0.05, 0.1) is 24.3 Å². The van der Waals surface area contributed by atoms with Gasteiger partial charge < -0.3 is 15.0 Å². The SMILES string of the molecule is CN(C)CCCOc1cccc(C2NC(=S)N=C3c4ccccc4C(=O)C32)c1. The summed E-state index contributed by atoms with van der Waals surface area (Å²) in [6.45, 7) is 1.63. The number of aliphatic imine (C=N–C) groups is 1. The van der Waals surface area contributed by atoms with Crippen LogP contribution in [0.2, 0.25) is 0 Å². The molecule has 144 valence electrons. The maximum atomic E-state index is 13.1. The first-order valence-corrected chi connectivity index (χ1v) is 9.85. The molecule has 5 nitrogen and oxygen atoms in total. The van der Waals surface area contributed by atoms with E-state index in [1.807, 2.05) is 62.6 Å². The lowest BCUT2D eigenvalue weighted by atomic mass is 9.87. The fourth-order valence-electron chi connectivity index (χ4n) is 3.82. The second-order valence-electron chi connectivity index (χ2n) is 7.39. The monoisotopic (exact) mass is 393 g/mol. The normalized spacial score (nSPS) is 20.5. The number of nitrogens with zero attached hydrogens (tertiary/aromatic N) is 2. The largest absolute Gasteiger partial charge is 0.494 e. The minimum Gasteiger partial charge on any atom is -0.494 e. The third-order valence-corrected chi connectivity index (χ3v) is 5.32. The summed E-state index contributed by atoms with van der Waals surface area (Å²) in [4.78, 5) is 19.7. The Morgan fingerprint density at radius 3 is 2.71 bits per heavy atom. The number of carbonyl (C=O) groups is 1. The molecule has 0 saturated heterocycles. The standard InChI is InChI=1S/C22H23N3O2S/c1-25(2)11-6-12-27-15-8-5-7-14(13-15)19-18-20(24-22(28)23-19)16-9-3-4-10-17(16)21(18)26/h3-5,7-10,13,18-19H,6,11-12H2,1-2H3,(H,23,28). The Kier molecular flexibility index (Phi) is 5.24. The third-order valence-electron chi connectivity index (χ3n) is 5.12. The molecule has 1 N–H and O–H groups in total. The molecule has 0 saturated carbocycles. The van der Waals surface area contributed by atoms with E-state index in [1.54, 1.807) is 0 Å². The van der Waals surface area contributed by atoms with Crippen molar-refractivity contribution in [1.29, 1.82) is 0 Å². The molecule has 4 rings (SSSR count). The summed E-state index contributed by atoms with van der Waals surface area (Å²) in [6, 6.07) is 15.3. The lowest BCUT2D eigenvalue weighted by molar-refractivity contribution is 0.0944. The van der Waals surface area contributed by atoms with E-state index in [2.05, 4.69) is 15.2 Å². The number of hydrogen-bond donors (Lipinski definition) is 1. The molecule has 0 spiro atoms. The fourth-order valence-corrected chi connectivity index (χ4v) is 4.05. The van der Waals surface area contributed by atoms with E-state index in [-0.39, 0.29) is 17.7 Å². The molecule has 1 aliphatic heterocycles. The number of ketones is 1. The number of Topliss-reactive ketones (excluding diaryl/α,β-unsaturated/α-hetero) is 1. The average molecular weight is 394 g/mol. The van der Waals surface area contributed by atoms with Gasteiger partial charge in [-0.25, -0.2) is 4.99 Å². The Bertz CT molecular complexity index is 954. The number of thiocarbonyl (C=S) groups is 1. The Morgan fingerprint density at radius 2 is 1.93 bits per heavy atom. The average Bonchev–Trinajstić information content (AvgIpc) is 2.97. The maximum Gasteiger partial charge on any atom is 0.193 e. The van der Waals surface area contributed by atoms with Crippen LogP contribution in [0.3, 0.4) is 0 Å². The highest BCUT2D eigenvalue weighted by atomic mass is 32.1. The van der Waals surface area contributed by atoms with Gasteiger partial charge in [-0.1, -0.05) is 36.4 Å². The molecule has 2 unspecified atom stereocenters. The number of fused-ring (bicyclic) bond motifs is 3. The van der Waals surface area contributed by atoms with Crippen LogP contribution in [0.5, 0.6) is 5.75 Å². The van der Waals surface area contributed by atoms with E-state index in [4.69, 9.17) is 17.0 Å². The molecule has 2 aliphatic rings. The van der Waals surface area contributed by atoms with Crippen LogP contribution >= 0.6 is 12.2 Å². The molecule has 2 aromatic carbocycles. The van der Waals surface area contributed by atoms with Crippen molar-refractivity contribution in [2.24, 2.45) is 10.9 Å². The fraction of sp³-hybridized carbons (Fsp3) is 0.318. The predicted molar refractivity (Wildman–Crippen MR) is 114 cm³/mol. The molecule has 6 heteroatoms. The van der Waals surface area contributed by atoms with E-state index in [9.17, 15) is 4.79 Å². The van der Waals surface area contributed by atoms with E-state index < -0.39 is 0 Å². The summed E-state index contributed by atoms with van der Waals surface area (Å²) in [5, 5.41) is 3.65. The zero-order valence-electron chi connectivity index (χ0n) is 16.0. The minimum absolute atomic E-state index is 0.0895. The second kappa shape index (κ2) is 7.81. The first kappa shape index (κ1) is 18.8. The Morgan fingerprint density at radius 1 is 1.14 bits per heavy atom. The highest BCUT2D eigenvalue weighted by molar-refractivity contribution is 7.80. The second-order valence-corrected chi connectivity index (χ2v) is 7.78. The Balaban J connectivity index is 1.58. The number of hydrogen-bond acceptors (Lipinski definition) is 4. The molecule has 0 fully saturated rings. The highest BCUT2D eigenvalue weighted by Gasteiger charge is 2.44. The van der Waals surface area contributed by atoms with Crippen molar-refractivity contribution >= 4 is 28.8 Å². The van der Waals surface area contributed by atoms with Gasteiger partial charge in [0.15, 0.2) is 10.9 Å². The van der Waals surface area contributed by atoms with Crippen molar-refractivity contribution in [2.45, 2.75) is 12.5 Å². The maximum absolute atomic E-state index is 13.1. The van der Waals surface area contributed by atoms with Crippen molar-refractivity contribution < 1.29 is 9.53 Å². The number of benzene rings is 2. The molecule has 28 heavy (non-hydrogen) atoms. The Labute approximate surface area is 170 Å². The van der Waals surface area contributed by atoms with Gasteiger partial charge in [-0.2, -0.15) is 0 Å². The first-order chi connectivity index (χ1) is 13.5. The number of nitrogens with one attached hydrogen (secondary N) is 1. The summed E-state index contributed by atoms with van der Waals surface area (Å²) < 4.78 is 5.91. The highest BCUT2D eigenvalue weighted by Crippen LogP contribution is 2.38. The van der Waals surface area contributed by atoms with Crippen LogP contribution in [0, 0.1) is 5.92 Å². The molecule has 0 radical (unpaired) electrons. The molecule has 1 heterocycles. The Hall–Kier alpha value is -2.57. The van der Waals surface area contributed by atoms with Crippen LogP contribution in [0.4, 0.5) is 0 Å². The molecule has 1 aliphatic carbocycles. The number of carbonyl (C=O) groups excluding carboxylic acids is 1. The number of ether oxygens (including phenoxy) is 1. The van der Waals surface area contributed by atoms with Gasteiger partial charge in [-0.3, -0.25) is 4.79 Å². The van der Waals surface area contributed by atoms with Crippen LogP contribution < -0.4 is 10.1 Å². The van der Waals surface area contributed by atoms with E-state index in [0.717, 1.165) is 41.1 Å². The van der Waals surface area contributed by atoms with Crippen LogP contribution in [-0.4, -0.2) is 48.8 Å².